The Morgan fingerprint density at radius 3 is 2.15 bits per heavy atom. The molecule has 7 nitrogen and oxygen atoms in total. The van der Waals surface area contributed by atoms with Crippen molar-refractivity contribution in [1.82, 2.24) is 19.3 Å². The fourth-order valence-electron chi connectivity index (χ4n) is 4.21. The second-order valence-electron chi connectivity index (χ2n) is 12.4. The zero-order valence-corrected chi connectivity index (χ0v) is 26.0. The van der Waals surface area contributed by atoms with Gasteiger partial charge in [-0.3, -0.25) is 0 Å². The number of halogens is 3. The smallest absolute Gasteiger partial charge is 0.163 e. The van der Waals surface area contributed by atoms with Crippen molar-refractivity contribution in [2.45, 2.75) is 64.8 Å². The van der Waals surface area contributed by atoms with Gasteiger partial charge in [-0.2, -0.15) is 5.10 Å². The van der Waals surface area contributed by atoms with Gasteiger partial charge in [-0.15, -0.1) is 0 Å². The number of fused-ring (bicyclic) bond motifs is 1. The van der Waals surface area contributed by atoms with Crippen LogP contribution in [0, 0.1) is 17.5 Å². The minimum Gasteiger partial charge on any atom is -0.396 e. The number of nitrogens with two attached hydrogens (primary N) is 1. The molecular formula is C28H38F3N5O2Si2. The fraction of sp³-hybridized carbons (Fsp3) is 0.429. The first-order valence-corrected chi connectivity index (χ1v) is 20.8. The molecule has 0 fully saturated rings. The molecular weight excluding hydrogens is 552 g/mol. The predicted molar refractivity (Wildman–Crippen MR) is 159 cm³/mol. The summed E-state index contributed by atoms with van der Waals surface area (Å²) in [5.41, 5.74) is 5.40. The van der Waals surface area contributed by atoms with Crippen molar-refractivity contribution in [1.29, 1.82) is 0 Å². The molecule has 0 bridgehead atoms. The Kier molecular flexibility index (Phi) is 8.93. The van der Waals surface area contributed by atoms with E-state index in [4.69, 9.17) is 15.2 Å². The number of aromatic nitrogens is 4. The summed E-state index contributed by atoms with van der Waals surface area (Å²) in [4.78, 5) is 4.49. The maximum Gasteiger partial charge on any atom is 0.163 e. The van der Waals surface area contributed by atoms with Gasteiger partial charge in [0.05, 0.1) is 5.69 Å². The van der Waals surface area contributed by atoms with Gasteiger partial charge in [-0.05, 0) is 30.3 Å². The molecule has 2 N–H and O–H groups in total. The van der Waals surface area contributed by atoms with Crippen LogP contribution in [0.15, 0.2) is 36.7 Å². The van der Waals surface area contributed by atoms with E-state index < -0.39 is 39.3 Å². The maximum absolute atomic E-state index is 16.2. The first kappa shape index (κ1) is 30.0. The third kappa shape index (κ3) is 7.03. The molecule has 40 heavy (non-hydrogen) atoms. The van der Waals surface area contributed by atoms with Crippen LogP contribution in [0.5, 0.6) is 0 Å². The molecule has 4 rings (SSSR count). The normalized spacial score (nSPS) is 12.5. The molecule has 0 saturated carbocycles. The van der Waals surface area contributed by atoms with Gasteiger partial charge in [0.2, 0.25) is 0 Å². The van der Waals surface area contributed by atoms with Gasteiger partial charge in [-0.1, -0.05) is 45.3 Å². The molecule has 216 valence electrons. The quantitative estimate of drug-likeness (QED) is 0.107. The molecule has 0 aliphatic rings. The topological polar surface area (TPSA) is 80.1 Å². The Balaban J connectivity index is 1.75. The van der Waals surface area contributed by atoms with E-state index in [1.54, 1.807) is 18.5 Å². The monoisotopic (exact) mass is 589 g/mol. The van der Waals surface area contributed by atoms with Crippen molar-refractivity contribution >= 4 is 32.7 Å². The molecule has 2 heterocycles. The molecule has 0 amide bonds. The first-order valence-electron chi connectivity index (χ1n) is 13.4. The van der Waals surface area contributed by atoms with Crippen LogP contribution in [0.1, 0.15) is 0 Å². The summed E-state index contributed by atoms with van der Waals surface area (Å²) < 4.78 is 60.3. The molecule has 2 aromatic heterocycles. The minimum absolute atomic E-state index is 0.0114. The van der Waals surface area contributed by atoms with Crippen LogP contribution in [-0.4, -0.2) is 48.7 Å². The average molecular weight is 590 g/mol. The zero-order valence-electron chi connectivity index (χ0n) is 24.0. The minimum atomic E-state index is -1.35. The van der Waals surface area contributed by atoms with E-state index in [0.717, 1.165) is 24.2 Å². The molecule has 0 atom stereocenters. The van der Waals surface area contributed by atoms with Gasteiger partial charge in [0.1, 0.15) is 30.5 Å². The van der Waals surface area contributed by atoms with Crippen molar-refractivity contribution in [3.05, 3.63) is 54.1 Å². The summed E-state index contributed by atoms with van der Waals surface area (Å²) in [5.74, 6) is -1.89. The molecule has 0 spiro atoms. The van der Waals surface area contributed by atoms with E-state index >= 15 is 4.39 Å². The summed E-state index contributed by atoms with van der Waals surface area (Å²) >= 11 is 0. The highest BCUT2D eigenvalue weighted by molar-refractivity contribution is 6.76. The highest BCUT2D eigenvalue weighted by atomic mass is 28.3. The van der Waals surface area contributed by atoms with E-state index in [2.05, 4.69) is 49.4 Å². The lowest BCUT2D eigenvalue weighted by Crippen LogP contribution is -2.22. The van der Waals surface area contributed by atoms with Crippen LogP contribution in [0.4, 0.5) is 18.9 Å². The van der Waals surface area contributed by atoms with Crippen molar-refractivity contribution < 1.29 is 22.6 Å². The number of nitrogens with zero attached hydrogens (tertiary/aromatic N) is 4. The van der Waals surface area contributed by atoms with Crippen molar-refractivity contribution in [2.75, 3.05) is 18.9 Å². The van der Waals surface area contributed by atoms with E-state index in [0.29, 0.717) is 30.1 Å². The molecule has 2 aromatic carbocycles. The van der Waals surface area contributed by atoms with E-state index in [1.807, 2.05) is 4.57 Å². The summed E-state index contributed by atoms with van der Waals surface area (Å²) in [7, 11) is -2.59. The summed E-state index contributed by atoms with van der Waals surface area (Å²) in [5, 5.41) is 5.15. The number of imidazole rings is 1. The summed E-state index contributed by atoms with van der Waals surface area (Å²) in [6, 6.07) is 6.81. The SMILES string of the molecule is C[Si](C)(C)CCOCn1ccnc1-c1nn(COCC[Si](C)(C)C)c2c(F)c(-c3cc(F)cc(N)c3F)ccc12. The average Bonchev–Trinajstić information content (AvgIpc) is 3.46. The van der Waals surface area contributed by atoms with Crippen LogP contribution in [0.3, 0.4) is 0 Å². The Hall–Kier alpha value is -2.94. The highest BCUT2D eigenvalue weighted by Crippen LogP contribution is 2.36. The first-order chi connectivity index (χ1) is 18.7. The van der Waals surface area contributed by atoms with Crippen LogP contribution < -0.4 is 5.73 Å². The van der Waals surface area contributed by atoms with Crippen molar-refractivity contribution in [3.8, 4) is 22.6 Å². The molecule has 0 aliphatic carbocycles. The van der Waals surface area contributed by atoms with Crippen LogP contribution in [0.25, 0.3) is 33.5 Å². The van der Waals surface area contributed by atoms with Gasteiger partial charge in [0.15, 0.2) is 17.5 Å². The fourth-order valence-corrected chi connectivity index (χ4v) is 5.72. The largest absolute Gasteiger partial charge is 0.396 e. The van der Waals surface area contributed by atoms with Gasteiger partial charge in [-0.25, -0.2) is 22.8 Å². The number of ether oxygens (including phenoxy) is 2. The number of anilines is 1. The zero-order chi connectivity index (χ0) is 29.2. The van der Waals surface area contributed by atoms with Gasteiger partial charge >= 0.3 is 0 Å². The molecule has 12 heteroatoms. The van der Waals surface area contributed by atoms with Crippen molar-refractivity contribution in [2.24, 2.45) is 0 Å². The lowest BCUT2D eigenvalue weighted by atomic mass is 10.0. The molecule has 0 aliphatic heterocycles. The summed E-state index contributed by atoms with van der Waals surface area (Å²) in [6.07, 6.45) is 3.43. The summed E-state index contributed by atoms with van der Waals surface area (Å²) in [6.45, 7) is 15.0. The Morgan fingerprint density at radius 1 is 0.850 bits per heavy atom. The number of benzene rings is 2. The predicted octanol–water partition coefficient (Wildman–Crippen LogP) is 7.19. The van der Waals surface area contributed by atoms with Crippen LogP contribution in [-0.2, 0) is 22.9 Å². The van der Waals surface area contributed by atoms with Gasteiger partial charge in [0, 0.05) is 58.3 Å². The molecule has 0 radical (unpaired) electrons. The Morgan fingerprint density at radius 2 is 1.50 bits per heavy atom. The second kappa shape index (κ2) is 11.9. The lowest BCUT2D eigenvalue weighted by molar-refractivity contribution is 0.0812. The van der Waals surface area contributed by atoms with E-state index in [-0.39, 0.29) is 30.1 Å². The third-order valence-electron chi connectivity index (χ3n) is 6.57. The standard InChI is InChI=1S/C28H38F3N5O2Si2/c1-39(2,3)13-11-37-17-35-10-9-33-28(35)26-21-8-7-20(22-15-19(29)16-23(32)24(22)30)25(31)27(21)36(34-26)18-38-12-14-40(4,5)6/h7-10,15-16H,11-14,17-18,32H2,1-6H3. The number of rotatable bonds is 12. The van der Waals surface area contributed by atoms with Gasteiger partial charge < -0.3 is 19.8 Å². The van der Waals surface area contributed by atoms with E-state index in [9.17, 15) is 8.78 Å². The van der Waals surface area contributed by atoms with Crippen molar-refractivity contribution in [3.63, 3.8) is 0 Å². The third-order valence-corrected chi connectivity index (χ3v) is 9.98. The molecule has 0 unspecified atom stereocenters. The highest BCUT2D eigenvalue weighted by Gasteiger charge is 2.24. The maximum atomic E-state index is 16.2. The molecule has 4 aromatic rings. The Labute approximate surface area is 235 Å². The second-order valence-corrected chi connectivity index (χ2v) is 23.7. The van der Waals surface area contributed by atoms with Crippen LogP contribution in [0.2, 0.25) is 51.4 Å². The van der Waals surface area contributed by atoms with Gasteiger partial charge in [0.25, 0.3) is 0 Å². The molecule has 0 saturated heterocycles. The number of nitrogen functional groups attached to an aromatic ring is 1. The Bertz CT molecular complexity index is 1490. The number of hydrogen-bond donors (Lipinski definition) is 1. The lowest BCUT2D eigenvalue weighted by Gasteiger charge is -2.16. The number of hydrogen-bond acceptors (Lipinski definition) is 5. The van der Waals surface area contributed by atoms with E-state index in [1.165, 1.54) is 10.7 Å². The van der Waals surface area contributed by atoms with Crippen LogP contribution >= 0.6 is 0 Å².